The van der Waals surface area contributed by atoms with Crippen LogP contribution in [0.15, 0.2) is 24.5 Å². The van der Waals surface area contributed by atoms with Crippen molar-refractivity contribution in [1.29, 1.82) is 0 Å². The fourth-order valence-electron chi connectivity index (χ4n) is 1.23. The fraction of sp³-hybridized carbons (Fsp3) is 0.333. The zero-order valence-electron chi connectivity index (χ0n) is 9.20. The summed E-state index contributed by atoms with van der Waals surface area (Å²) in [6.45, 7) is 8.01. The molecule has 2 aromatic rings. The van der Waals surface area contributed by atoms with Gasteiger partial charge in [-0.2, -0.15) is 0 Å². The van der Waals surface area contributed by atoms with Gasteiger partial charge < -0.3 is 0 Å². The lowest BCUT2D eigenvalue weighted by molar-refractivity contribution is 1.20. The van der Waals surface area contributed by atoms with E-state index in [4.69, 9.17) is 0 Å². The average Bonchev–Trinajstić information content (AvgIpc) is 2.21. The minimum Gasteiger partial charge on any atom is -0.261 e. The van der Waals surface area contributed by atoms with Crippen LogP contribution >= 0.6 is 0 Å². The monoisotopic (exact) mass is 188 g/mol. The van der Waals surface area contributed by atoms with Crippen LogP contribution in [0, 0.1) is 13.8 Å². The summed E-state index contributed by atoms with van der Waals surface area (Å²) in [5.41, 5.74) is 3.21. The molecule has 0 aliphatic rings. The number of hydrogen-bond donors (Lipinski definition) is 0. The van der Waals surface area contributed by atoms with Crippen LogP contribution in [0.4, 0.5) is 0 Å². The van der Waals surface area contributed by atoms with Crippen LogP contribution in [0.1, 0.15) is 25.1 Å². The van der Waals surface area contributed by atoms with E-state index in [9.17, 15) is 0 Å². The number of hydrogen-bond acceptors (Lipinski definition) is 2. The van der Waals surface area contributed by atoms with Gasteiger partial charge in [-0.1, -0.05) is 13.8 Å². The number of pyridine rings is 2. The van der Waals surface area contributed by atoms with E-state index in [1.807, 2.05) is 46.2 Å². The van der Waals surface area contributed by atoms with Gasteiger partial charge in [0.15, 0.2) is 0 Å². The van der Waals surface area contributed by atoms with Gasteiger partial charge in [0.1, 0.15) is 0 Å². The van der Waals surface area contributed by atoms with Crippen LogP contribution in [0.3, 0.4) is 0 Å². The number of aryl methyl sites for hydroxylation is 2. The van der Waals surface area contributed by atoms with Crippen LogP contribution in [0.2, 0.25) is 0 Å². The molecule has 74 valence electrons. The molecule has 0 amide bonds. The highest BCUT2D eigenvalue weighted by Gasteiger charge is 1.95. The quantitative estimate of drug-likeness (QED) is 0.634. The van der Waals surface area contributed by atoms with Crippen LogP contribution in [-0.2, 0) is 0 Å². The first-order valence-corrected chi connectivity index (χ1v) is 4.95. The van der Waals surface area contributed by atoms with Crippen molar-refractivity contribution in [3.05, 3.63) is 35.8 Å². The zero-order valence-corrected chi connectivity index (χ0v) is 9.20. The summed E-state index contributed by atoms with van der Waals surface area (Å²) in [7, 11) is 0. The molecule has 0 fully saturated rings. The third-order valence-electron chi connectivity index (χ3n) is 1.84. The number of aromatic nitrogens is 2. The fourth-order valence-corrected chi connectivity index (χ4v) is 1.23. The predicted octanol–water partition coefficient (Wildman–Crippen LogP) is 3.27. The molecule has 2 heteroatoms. The van der Waals surface area contributed by atoms with Crippen LogP contribution in [0.5, 0.6) is 0 Å². The lowest BCUT2D eigenvalue weighted by atomic mass is 10.2. The van der Waals surface area contributed by atoms with Crippen LogP contribution < -0.4 is 0 Å². The normalized spacial score (nSPS) is 9.43. The van der Waals surface area contributed by atoms with Gasteiger partial charge in [-0.3, -0.25) is 9.97 Å². The van der Waals surface area contributed by atoms with Gasteiger partial charge >= 0.3 is 0 Å². The van der Waals surface area contributed by atoms with Crippen LogP contribution in [0.25, 0.3) is 10.9 Å². The van der Waals surface area contributed by atoms with E-state index < -0.39 is 0 Å². The molecule has 0 unspecified atom stereocenters. The number of rotatable bonds is 0. The van der Waals surface area contributed by atoms with E-state index >= 15 is 0 Å². The Bertz CT molecular complexity index is 380. The smallest absolute Gasteiger partial charge is 0.0735 e. The van der Waals surface area contributed by atoms with Crippen molar-refractivity contribution in [2.75, 3.05) is 0 Å². The highest BCUT2D eigenvalue weighted by atomic mass is 14.7. The highest BCUT2D eigenvalue weighted by Crippen LogP contribution is 2.11. The summed E-state index contributed by atoms with van der Waals surface area (Å²) in [5.74, 6) is 0. The Hall–Kier alpha value is -1.44. The maximum Gasteiger partial charge on any atom is 0.0735 e. The molecular formula is C12H16N2. The van der Waals surface area contributed by atoms with E-state index in [0.29, 0.717) is 0 Å². The maximum absolute atomic E-state index is 4.30. The summed E-state index contributed by atoms with van der Waals surface area (Å²) in [6.07, 6.45) is 3.74. The molecule has 0 radical (unpaired) electrons. The van der Waals surface area contributed by atoms with E-state index in [0.717, 1.165) is 16.6 Å². The molecule has 0 aliphatic carbocycles. The molecule has 0 N–H and O–H groups in total. The maximum atomic E-state index is 4.30. The molecule has 2 aromatic heterocycles. The first kappa shape index (κ1) is 10.6. The molecule has 0 saturated heterocycles. The topological polar surface area (TPSA) is 25.8 Å². The molecule has 0 atom stereocenters. The van der Waals surface area contributed by atoms with Crippen molar-refractivity contribution in [1.82, 2.24) is 9.97 Å². The van der Waals surface area contributed by atoms with Crippen LogP contribution in [-0.4, -0.2) is 9.97 Å². The second-order valence-corrected chi connectivity index (χ2v) is 3.03. The molecule has 2 nitrogen and oxygen atoms in total. The molecular weight excluding hydrogens is 172 g/mol. The van der Waals surface area contributed by atoms with Gasteiger partial charge in [0.25, 0.3) is 0 Å². The van der Waals surface area contributed by atoms with Gasteiger partial charge in [0.05, 0.1) is 5.52 Å². The third kappa shape index (κ3) is 2.28. The molecule has 2 rings (SSSR count). The van der Waals surface area contributed by atoms with E-state index in [-0.39, 0.29) is 0 Å². The highest BCUT2D eigenvalue weighted by molar-refractivity contribution is 5.78. The van der Waals surface area contributed by atoms with Crippen molar-refractivity contribution >= 4 is 10.9 Å². The first-order chi connectivity index (χ1) is 6.75. The molecule has 0 saturated carbocycles. The minimum absolute atomic E-state index is 1.01. The van der Waals surface area contributed by atoms with Crippen molar-refractivity contribution < 1.29 is 0 Å². The first-order valence-electron chi connectivity index (χ1n) is 4.95. The largest absolute Gasteiger partial charge is 0.261 e. The van der Waals surface area contributed by atoms with Gasteiger partial charge in [0, 0.05) is 23.5 Å². The van der Waals surface area contributed by atoms with E-state index in [1.165, 1.54) is 5.56 Å². The second-order valence-electron chi connectivity index (χ2n) is 3.03. The van der Waals surface area contributed by atoms with Gasteiger partial charge in [-0.05, 0) is 31.5 Å². The Morgan fingerprint density at radius 1 is 0.929 bits per heavy atom. The lowest BCUT2D eigenvalue weighted by Crippen LogP contribution is -1.85. The lowest BCUT2D eigenvalue weighted by Gasteiger charge is -1.98. The molecule has 14 heavy (non-hydrogen) atoms. The second kappa shape index (κ2) is 4.70. The van der Waals surface area contributed by atoms with E-state index in [2.05, 4.69) is 16.0 Å². The SMILES string of the molecule is CC.Cc1cnc2cc(C)ncc2c1. The third-order valence-corrected chi connectivity index (χ3v) is 1.84. The standard InChI is InChI=1S/C10H10N2.C2H6/c1-7-3-9-6-11-8(2)4-10(9)12-5-7;1-2/h3-6H,1-2H3;1-2H3. The summed E-state index contributed by atoms with van der Waals surface area (Å²) < 4.78 is 0. The Morgan fingerprint density at radius 3 is 2.36 bits per heavy atom. The molecule has 0 bridgehead atoms. The number of fused-ring (bicyclic) bond motifs is 1. The van der Waals surface area contributed by atoms with Gasteiger partial charge in [-0.15, -0.1) is 0 Å². The number of nitrogens with zero attached hydrogens (tertiary/aromatic N) is 2. The Labute approximate surface area is 85.0 Å². The summed E-state index contributed by atoms with van der Waals surface area (Å²) in [6, 6.07) is 4.09. The Balaban J connectivity index is 0.000000461. The molecule has 0 aromatic carbocycles. The summed E-state index contributed by atoms with van der Waals surface area (Å²) in [5, 5.41) is 1.11. The predicted molar refractivity (Wildman–Crippen MR) is 60.4 cm³/mol. The Morgan fingerprint density at radius 2 is 1.64 bits per heavy atom. The molecule has 0 aliphatic heterocycles. The van der Waals surface area contributed by atoms with Gasteiger partial charge in [0.2, 0.25) is 0 Å². The summed E-state index contributed by atoms with van der Waals surface area (Å²) in [4.78, 5) is 8.51. The Kier molecular flexibility index (Phi) is 3.57. The van der Waals surface area contributed by atoms with Crippen molar-refractivity contribution in [3.63, 3.8) is 0 Å². The average molecular weight is 188 g/mol. The zero-order chi connectivity index (χ0) is 10.6. The minimum atomic E-state index is 1.01. The van der Waals surface area contributed by atoms with E-state index in [1.54, 1.807) is 0 Å². The summed E-state index contributed by atoms with van der Waals surface area (Å²) >= 11 is 0. The molecule has 2 heterocycles. The van der Waals surface area contributed by atoms with Crippen molar-refractivity contribution in [2.45, 2.75) is 27.7 Å². The molecule has 0 spiro atoms. The van der Waals surface area contributed by atoms with Crippen molar-refractivity contribution in [3.8, 4) is 0 Å². The van der Waals surface area contributed by atoms with Crippen molar-refractivity contribution in [2.24, 2.45) is 0 Å². The van der Waals surface area contributed by atoms with Gasteiger partial charge in [-0.25, -0.2) is 0 Å².